The summed E-state index contributed by atoms with van der Waals surface area (Å²) < 4.78 is 0. The van der Waals surface area contributed by atoms with Crippen LogP contribution in [0.25, 0.3) is 0 Å². The van der Waals surface area contributed by atoms with Crippen LogP contribution in [-0.4, -0.2) is 49.9 Å². The van der Waals surface area contributed by atoms with Gasteiger partial charge in [-0.1, -0.05) is 13.8 Å². The van der Waals surface area contributed by atoms with Crippen molar-refractivity contribution in [3.63, 3.8) is 0 Å². The lowest BCUT2D eigenvalue weighted by molar-refractivity contribution is -0.130. The number of nitrogens with zero attached hydrogens (tertiary/aromatic N) is 1. The predicted octanol–water partition coefficient (Wildman–Crippen LogP) is -0.0310. The molecular weight excluding hydrogens is 206 g/mol. The minimum Gasteiger partial charge on any atom is -0.347 e. The van der Waals surface area contributed by atoms with Gasteiger partial charge in [0.15, 0.2) is 0 Å². The van der Waals surface area contributed by atoms with Crippen molar-refractivity contribution in [2.75, 3.05) is 27.2 Å². The Balaban J connectivity index is 3.49. The minimum absolute atomic E-state index is 0.0687. The second kappa shape index (κ2) is 8.10. The zero-order chi connectivity index (χ0) is 12.6. The van der Waals surface area contributed by atoms with Gasteiger partial charge in [0, 0.05) is 26.6 Å². The fraction of sp³-hybridized carbons (Fsp3) is 0.818. The average Bonchev–Trinajstić information content (AvgIpc) is 2.20. The molecule has 0 radical (unpaired) electrons. The smallest absolute Gasteiger partial charge is 0.241 e. The fourth-order valence-electron chi connectivity index (χ4n) is 1.06. The summed E-state index contributed by atoms with van der Waals surface area (Å²) in [7, 11) is 3.34. The molecule has 0 aliphatic carbocycles. The van der Waals surface area contributed by atoms with Crippen molar-refractivity contribution in [3.8, 4) is 0 Å². The highest BCUT2D eigenvalue weighted by Gasteiger charge is 2.06. The molecular formula is C11H23N3O2. The topological polar surface area (TPSA) is 61.4 Å². The lowest BCUT2D eigenvalue weighted by Crippen LogP contribution is -2.36. The molecule has 0 bridgehead atoms. The highest BCUT2D eigenvalue weighted by atomic mass is 16.2. The van der Waals surface area contributed by atoms with E-state index in [4.69, 9.17) is 0 Å². The van der Waals surface area contributed by atoms with Gasteiger partial charge < -0.3 is 15.5 Å². The van der Waals surface area contributed by atoms with E-state index in [9.17, 15) is 9.59 Å². The Bertz CT molecular complexity index is 227. The van der Waals surface area contributed by atoms with Crippen LogP contribution in [0.3, 0.4) is 0 Å². The molecule has 2 amide bonds. The molecule has 0 saturated heterocycles. The lowest BCUT2D eigenvalue weighted by Gasteiger charge is -2.11. The van der Waals surface area contributed by atoms with E-state index < -0.39 is 0 Å². The lowest BCUT2D eigenvalue weighted by atomic mass is 10.2. The molecule has 0 saturated carbocycles. The third kappa shape index (κ3) is 8.23. The Morgan fingerprint density at radius 1 is 1.25 bits per heavy atom. The maximum atomic E-state index is 11.3. The fourth-order valence-corrected chi connectivity index (χ4v) is 1.06. The summed E-state index contributed by atoms with van der Waals surface area (Å²) in [5, 5.41) is 5.82. The van der Waals surface area contributed by atoms with Crippen LogP contribution < -0.4 is 10.6 Å². The Hall–Kier alpha value is -1.10. The molecule has 0 aliphatic rings. The van der Waals surface area contributed by atoms with Crippen LogP contribution >= 0.6 is 0 Å². The van der Waals surface area contributed by atoms with E-state index in [-0.39, 0.29) is 18.4 Å². The van der Waals surface area contributed by atoms with Gasteiger partial charge in [0.25, 0.3) is 0 Å². The van der Waals surface area contributed by atoms with E-state index in [0.717, 1.165) is 13.0 Å². The number of hydrogen-bond donors (Lipinski definition) is 2. The second-order valence-corrected chi connectivity index (χ2v) is 4.28. The van der Waals surface area contributed by atoms with E-state index in [1.807, 2.05) is 0 Å². The first-order valence-electron chi connectivity index (χ1n) is 5.63. The van der Waals surface area contributed by atoms with Gasteiger partial charge in [0.1, 0.15) is 0 Å². The van der Waals surface area contributed by atoms with Gasteiger partial charge in [-0.15, -0.1) is 0 Å². The molecule has 0 rings (SSSR count). The van der Waals surface area contributed by atoms with E-state index >= 15 is 0 Å². The van der Waals surface area contributed by atoms with Crippen molar-refractivity contribution in [1.29, 1.82) is 0 Å². The van der Waals surface area contributed by atoms with Crippen LogP contribution in [0.5, 0.6) is 0 Å². The number of nitrogens with one attached hydrogen (secondary N) is 2. The minimum atomic E-state index is -0.0892. The van der Waals surface area contributed by atoms with E-state index in [1.54, 1.807) is 14.1 Å². The summed E-state index contributed by atoms with van der Waals surface area (Å²) in [6, 6.07) is 0.443. The van der Waals surface area contributed by atoms with Crippen molar-refractivity contribution >= 4 is 11.8 Å². The highest BCUT2D eigenvalue weighted by Crippen LogP contribution is 1.88. The summed E-state index contributed by atoms with van der Waals surface area (Å²) in [5.41, 5.74) is 0. The molecule has 0 aromatic carbocycles. The molecule has 0 aliphatic heterocycles. The highest BCUT2D eigenvalue weighted by molar-refractivity contribution is 5.84. The number of carbonyl (C=O) groups is 2. The summed E-state index contributed by atoms with van der Waals surface area (Å²) in [6.45, 7) is 5.04. The maximum absolute atomic E-state index is 11.3. The van der Waals surface area contributed by atoms with Crippen molar-refractivity contribution < 1.29 is 9.59 Å². The summed E-state index contributed by atoms with van der Waals surface area (Å²) in [6.07, 6.45) is 1.25. The average molecular weight is 229 g/mol. The van der Waals surface area contributed by atoms with Crippen LogP contribution in [0, 0.1) is 0 Å². The van der Waals surface area contributed by atoms with Crippen molar-refractivity contribution in [2.24, 2.45) is 0 Å². The summed E-state index contributed by atoms with van der Waals surface area (Å²) >= 11 is 0. The largest absolute Gasteiger partial charge is 0.347 e. The van der Waals surface area contributed by atoms with E-state index in [0.29, 0.717) is 12.5 Å². The Labute approximate surface area is 97.6 Å². The van der Waals surface area contributed by atoms with Gasteiger partial charge in [0.05, 0.1) is 6.54 Å². The molecule has 2 N–H and O–H groups in total. The Morgan fingerprint density at radius 3 is 2.38 bits per heavy atom. The van der Waals surface area contributed by atoms with Gasteiger partial charge >= 0.3 is 0 Å². The first-order chi connectivity index (χ1) is 7.43. The number of amides is 2. The molecule has 0 aromatic heterocycles. The van der Waals surface area contributed by atoms with Crippen LogP contribution in [-0.2, 0) is 9.59 Å². The molecule has 0 unspecified atom stereocenters. The van der Waals surface area contributed by atoms with Crippen molar-refractivity contribution in [3.05, 3.63) is 0 Å². The van der Waals surface area contributed by atoms with Gasteiger partial charge in [-0.2, -0.15) is 0 Å². The molecule has 0 spiro atoms. The molecule has 0 aromatic rings. The first-order valence-corrected chi connectivity index (χ1v) is 5.63. The quantitative estimate of drug-likeness (QED) is 0.603. The van der Waals surface area contributed by atoms with E-state index in [2.05, 4.69) is 24.5 Å². The van der Waals surface area contributed by atoms with Gasteiger partial charge in [-0.25, -0.2) is 0 Å². The summed E-state index contributed by atoms with van der Waals surface area (Å²) in [5.74, 6) is -0.158. The van der Waals surface area contributed by atoms with Crippen LogP contribution in [0.1, 0.15) is 26.7 Å². The molecule has 0 atom stereocenters. The van der Waals surface area contributed by atoms with Gasteiger partial charge in [0.2, 0.25) is 11.8 Å². The van der Waals surface area contributed by atoms with Crippen LogP contribution in [0.2, 0.25) is 0 Å². The predicted molar refractivity (Wildman–Crippen MR) is 64.1 cm³/mol. The third-order valence-electron chi connectivity index (χ3n) is 2.07. The second-order valence-electron chi connectivity index (χ2n) is 4.28. The van der Waals surface area contributed by atoms with Gasteiger partial charge in [-0.05, 0) is 13.0 Å². The molecule has 0 fully saturated rings. The molecule has 0 heterocycles. The zero-order valence-electron chi connectivity index (χ0n) is 10.7. The Morgan fingerprint density at radius 2 is 1.88 bits per heavy atom. The standard InChI is InChI=1S/C11H23N3O2/c1-9(2)12-7-5-6-10(15)13-8-11(16)14(3)4/h9,12H,5-8H2,1-4H3,(H,13,15). The first kappa shape index (κ1) is 14.9. The molecule has 16 heavy (non-hydrogen) atoms. The third-order valence-corrected chi connectivity index (χ3v) is 2.07. The zero-order valence-corrected chi connectivity index (χ0v) is 10.7. The number of likely N-dealkylation sites (N-methyl/N-ethyl adjacent to an activating group) is 1. The van der Waals surface area contributed by atoms with Crippen LogP contribution in [0.15, 0.2) is 0 Å². The molecule has 94 valence electrons. The van der Waals surface area contributed by atoms with Crippen molar-refractivity contribution in [2.45, 2.75) is 32.7 Å². The number of rotatable bonds is 7. The van der Waals surface area contributed by atoms with Crippen LogP contribution in [0.4, 0.5) is 0 Å². The Kier molecular flexibility index (Phi) is 7.54. The van der Waals surface area contributed by atoms with Crippen molar-refractivity contribution in [1.82, 2.24) is 15.5 Å². The maximum Gasteiger partial charge on any atom is 0.241 e. The van der Waals surface area contributed by atoms with E-state index in [1.165, 1.54) is 4.90 Å². The number of carbonyl (C=O) groups excluding carboxylic acids is 2. The number of hydrogen-bond acceptors (Lipinski definition) is 3. The monoisotopic (exact) mass is 229 g/mol. The van der Waals surface area contributed by atoms with Gasteiger partial charge in [-0.3, -0.25) is 9.59 Å². The molecule has 5 nitrogen and oxygen atoms in total. The summed E-state index contributed by atoms with van der Waals surface area (Å²) in [4.78, 5) is 23.9. The normalized spacial score (nSPS) is 10.3. The SMILES string of the molecule is CC(C)NCCCC(=O)NCC(=O)N(C)C. The molecule has 5 heteroatoms.